The molecule has 0 aliphatic heterocycles. The highest BCUT2D eigenvalue weighted by atomic mass is 16.5. The molecule has 2 rings (SSSR count). The molecule has 0 heterocycles. The van der Waals surface area contributed by atoms with Crippen LogP contribution < -0.4 is 0 Å². The molecule has 0 radical (unpaired) electrons. The number of methoxy groups -OCH3 is 1. The molecule has 3 heteroatoms. The highest BCUT2D eigenvalue weighted by Gasteiger charge is 2.55. The van der Waals surface area contributed by atoms with E-state index >= 15 is 0 Å². The van der Waals surface area contributed by atoms with Crippen molar-refractivity contribution in [1.29, 1.82) is 0 Å². The van der Waals surface area contributed by atoms with Crippen LogP contribution in [-0.4, -0.2) is 30.0 Å². The molecule has 0 saturated heterocycles. The van der Waals surface area contributed by atoms with Crippen LogP contribution in [0.25, 0.3) is 0 Å². The van der Waals surface area contributed by atoms with Crippen LogP contribution >= 0.6 is 0 Å². The summed E-state index contributed by atoms with van der Waals surface area (Å²) >= 11 is 0. The Hall–Kier alpha value is -0.900. The van der Waals surface area contributed by atoms with Gasteiger partial charge in [0.05, 0.1) is 24.4 Å². The molecule has 0 bridgehead atoms. The maximum absolute atomic E-state index is 10.2. The second kappa shape index (κ2) is 5.39. The lowest BCUT2D eigenvalue weighted by Gasteiger charge is -2.21. The average Bonchev–Trinajstić information content (AvgIpc) is 3.09. The molecule has 3 nitrogen and oxygen atoms in total. The third kappa shape index (κ3) is 2.91. The van der Waals surface area contributed by atoms with Gasteiger partial charge in [-0.05, 0) is 25.8 Å². The first-order valence-corrected chi connectivity index (χ1v) is 6.45. The lowest BCUT2D eigenvalue weighted by atomic mass is 10.1. The number of aliphatic hydroxyl groups excluding tert-OH is 1. The maximum Gasteiger partial charge on any atom is 0.0855 e. The van der Waals surface area contributed by atoms with Gasteiger partial charge >= 0.3 is 0 Å². The Balaban J connectivity index is 1.80. The molecule has 1 saturated carbocycles. The quantitative estimate of drug-likeness (QED) is 0.842. The van der Waals surface area contributed by atoms with Gasteiger partial charge in [0.1, 0.15) is 0 Å². The van der Waals surface area contributed by atoms with Crippen LogP contribution in [-0.2, 0) is 16.1 Å². The molecule has 0 amide bonds. The van der Waals surface area contributed by atoms with Crippen molar-refractivity contribution < 1.29 is 14.6 Å². The van der Waals surface area contributed by atoms with Crippen LogP contribution in [0, 0.1) is 5.92 Å². The Labute approximate surface area is 109 Å². The number of aliphatic hydroxyl groups is 1. The van der Waals surface area contributed by atoms with Crippen molar-refractivity contribution in [2.24, 2.45) is 5.92 Å². The van der Waals surface area contributed by atoms with E-state index in [1.807, 2.05) is 44.2 Å². The van der Waals surface area contributed by atoms with E-state index in [0.29, 0.717) is 6.61 Å². The molecular weight excluding hydrogens is 228 g/mol. The van der Waals surface area contributed by atoms with Gasteiger partial charge in [0.2, 0.25) is 0 Å². The summed E-state index contributed by atoms with van der Waals surface area (Å²) in [6.07, 6.45) is 0.273. The fraction of sp³-hybridized carbons (Fsp3) is 0.600. The monoisotopic (exact) mass is 250 g/mol. The van der Waals surface area contributed by atoms with Gasteiger partial charge in [-0.15, -0.1) is 0 Å². The number of ether oxygens (including phenoxy) is 2. The molecule has 1 fully saturated rings. The van der Waals surface area contributed by atoms with Crippen molar-refractivity contribution in [3.8, 4) is 0 Å². The summed E-state index contributed by atoms with van der Waals surface area (Å²) in [5.74, 6) is 0.188. The van der Waals surface area contributed by atoms with E-state index in [-0.39, 0.29) is 17.6 Å². The predicted molar refractivity (Wildman–Crippen MR) is 70.2 cm³/mol. The summed E-state index contributed by atoms with van der Waals surface area (Å²) in [4.78, 5) is 0. The van der Waals surface area contributed by atoms with Gasteiger partial charge in [-0.25, -0.2) is 0 Å². The first-order valence-electron chi connectivity index (χ1n) is 6.45. The van der Waals surface area contributed by atoms with Gasteiger partial charge in [-0.2, -0.15) is 0 Å². The molecular formula is C15H22O3. The zero-order valence-electron chi connectivity index (χ0n) is 11.3. The summed E-state index contributed by atoms with van der Waals surface area (Å²) < 4.78 is 11.1. The van der Waals surface area contributed by atoms with Gasteiger partial charge in [0.15, 0.2) is 0 Å². The molecule has 1 aromatic carbocycles. The molecule has 1 N–H and O–H groups in total. The van der Waals surface area contributed by atoms with E-state index in [2.05, 4.69) is 0 Å². The molecule has 100 valence electrons. The molecule has 3 unspecified atom stereocenters. The van der Waals surface area contributed by atoms with E-state index in [9.17, 15) is 5.11 Å². The normalized spacial score (nSPS) is 29.9. The molecule has 0 aromatic heterocycles. The lowest BCUT2D eigenvalue weighted by Crippen LogP contribution is -2.31. The van der Waals surface area contributed by atoms with Crippen molar-refractivity contribution in [2.75, 3.05) is 7.11 Å². The smallest absolute Gasteiger partial charge is 0.0855 e. The Bertz CT molecular complexity index is 379. The van der Waals surface area contributed by atoms with Gasteiger partial charge in [-0.3, -0.25) is 0 Å². The van der Waals surface area contributed by atoms with Crippen molar-refractivity contribution in [2.45, 2.75) is 44.7 Å². The highest BCUT2D eigenvalue weighted by Crippen LogP contribution is 2.49. The first-order chi connectivity index (χ1) is 8.57. The minimum atomic E-state index is -0.460. The van der Waals surface area contributed by atoms with Crippen LogP contribution in [0.4, 0.5) is 0 Å². The van der Waals surface area contributed by atoms with Crippen LogP contribution in [0.2, 0.25) is 0 Å². The largest absolute Gasteiger partial charge is 0.390 e. The average molecular weight is 250 g/mol. The number of rotatable bonds is 6. The van der Waals surface area contributed by atoms with Crippen molar-refractivity contribution in [3.63, 3.8) is 0 Å². The topological polar surface area (TPSA) is 38.7 Å². The number of benzene rings is 1. The standard InChI is InChI=1S/C15H22O3/c1-11(14(16)13-9-15(13,2)17-3)18-10-12-7-5-4-6-8-12/h4-8,11,13-14,16H,9-10H2,1-3H3/t11-,13?,14?,15?/m0/s1. The fourth-order valence-electron chi connectivity index (χ4n) is 2.32. The van der Waals surface area contributed by atoms with Crippen LogP contribution in [0.1, 0.15) is 25.8 Å². The van der Waals surface area contributed by atoms with Crippen molar-refractivity contribution in [3.05, 3.63) is 35.9 Å². The molecule has 18 heavy (non-hydrogen) atoms. The van der Waals surface area contributed by atoms with Gasteiger partial charge in [-0.1, -0.05) is 30.3 Å². The van der Waals surface area contributed by atoms with E-state index in [1.54, 1.807) is 7.11 Å². The molecule has 4 atom stereocenters. The van der Waals surface area contributed by atoms with Gasteiger partial charge < -0.3 is 14.6 Å². The van der Waals surface area contributed by atoms with Crippen LogP contribution in [0.15, 0.2) is 30.3 Å². The Morgan fingerprint density at radius 3 is 2.61 bits per heavy atom. The number of hydrogen-bond acceptors (Lipinski definition) is 3. The van der Waals surface area contributed by atoms with E-state index in [0.717, 1.165) is 12.0 Å². The fourth-order valence-corrected chi connectivity index (χ4v) is 2.32. The zero-order valence-corrected chi connectivity index (χ0v) is 11.3. The summed E-state index contributed by atoms with van der Waals surface area (Å²) in [6.45, 7) is 4.49. The molecule has 1 aliphatic carbocycles. The van der Waals surface area contributed by atoms with Crippen molar-refractivity contribution in [1.82, 2.24) is 0 Å². The summed E-state index contributed by atoms with van der Waals surface area (Å²) in [7, 11) is 1.70. The lowest BCUT2D eigenvalue weighted by molar-refractivity contribution is -0.0591. The summed E-state index contributed by atoms with van der Waals surface area (Å²) in [5.41, 5.74) is 0.964. The highest BCUT2D eigenvalue weighted by molar-refractivity contribution is 5.13. The van der Waals surface area contributed by atoms with E-state index < -0.39 is 6.10 Å². The third-order valence-corrected chi connectivity index (χ3v) is 3.96. The Morgan fingerprint density at radius 1 is 1.39 bits per heavy atom. The SMILES string of the molecule is COC1(C)CC1C(O)[C@H](C)OCc1ccccc1. The minimum Gasteiger partial charge on any atom is -0.390 e. The Morgan fingerprint density at radius 2 is 2.06 bits per heavy atom. The predicted octanol–water partition coefficient (Wildman–Crippen LogP) is 2.38. The second-order valence-electron chi connectivity index (χ2n) is 5.32. The van der Waals surface area contributed by atoms with Gasteiger partial charge in [0.25, 0.3) is 0 Å². The minimum absolute atomic E-state index is 0.163. The first kappa shape index (κ1) is 13.5. The Kier molecular flexibility index (Phi) is 4.05. The zero-order chi connectivity index (χ0) is 13.2. The maximum atomic E-state index is 10.2. The van der Waals surface area contributed by atoms with Crippen LogP contribution in [0.5, 0.6) is 0 Å². The summed E-state index contributed by atoms with van der Waals surface area (Å²) in [5, 5.41) is 10.2. The molecule has 1 aliphatic rings. The van der Waals surface area contributed by atoms with E-state index in [4.69, 9.17) is 9.47 Å². The summed E-state index contributed by atoms with van der Waals surface area (Å²) in [6, 6.07) is 10.0. The number of hydrogen-bond donors (Lipinski definition) is 1. The van der Waals surface area contributed by atoms with Crippen molar-refractivity contribution >= 4 is 0 Å². The van der Waals surface area contributed by atoms with E-state index in [1.165, 1.54) is 0 Å². The van der Waals surface area contributed by atoms with Gasteiger partial charge in [0, 0.05) is 13.0 Å². The van der Waals surface area contributed by atoms with Crippen LogP contribution in [0.3, 0.4) is 0 Å². The third-order valence-electron chi connectivity index (χ3n) is 3.96. The second-order valence-corrected chi connectivity index (χ2v) is 5.32. The molecule has 0 spiro atoms. The molecule has 1 aromatic rings.